The largest absolute Gasteiger partial charge is 0.497 e. The van der Waals surface area contributed by atoms with Crippen molar-refractivity contribution < 1.29 is 37.0 Å². The molecule has 5 aliphatic rings. The SMILES string of the molecule is COc1ccc([C@]2(CCN(Cc3ccc(C4=CC[C@H](CN5CCN(C(=O)c6ccc7c8c6NCCn8c(=O)n7[C@@H]6CCC(=O)NC6=O)CC5)CC4)cc3)CC(C)(C)C(F)(F)F)CCOC(C)(C)C2)cc1. The van der Waals surface area contributed by atoms with Gasteiger partial charge in [0.1, 0.15) is 11.8 Å². The Morgan fingerprint density at radius 3 is 2.33 bits per heavy atom. The Hall–Kier alpha value is -5.45. The summed E-state index contributed by atoms with van der Waals surface area (Å²) in [6.07, 6.45) is 3.59. The minimum atomic E-state index is -4.35. The molecule has 1 aromatic heterocycles. The lowest BCUT2D eigenvalue weighted by molar-refractivity contribution is -0.217. The lowest BCUT2D eigenvalue weighted by Gasteiger charge is -2.46. The van der Waals surface area contributed by atoms with Gasteiger partial charge < -0.3 is 19.7 Å². The maximum atomic E-state index is 14.4. The molecule has 3 amide bonds. The minimum absolute atomic E-state index is 0.0926. The van der Waals surface area contributed by atoms with Crippen LogP contribution < -0.4 is 21.1 Å². The number of alkyl halides is 3. The van der Waals surface area contributed by atoms with Crippen molar-refractivity contribution in [1.29, 1.82) is 0 Å². The molecule has 13 nitrogen and oxygen atoms in total. The Morgan fingerprint density at radius 2 is 1.67 bits per heavy atom. The fourth-order valence-electron chi connectivity index (χ4n) is 11.8. The standard InChI is InChI=1S/C54H68F3N7O6/c1-51(2,54(55,56)57)35-61(25-22-53(23-31-70-52(3,4)34-53)40-14-16-41(69-5)17-15-40)33-37-8-12-39(13-9-37)38-10-6-36(7-11-38)32-60-27-29-62(30-28-60)49(67)42-18-19-43-47-46(42)58-24-26-63(47)50(68)64(43)44-20-21-45(65)59-48(44)66/h8-10,12-19,36,44,58H,6-7,11,20-35H2,1-5H3,(H,59,65,66)/t36-,44+,53+/m0/s1. The molecule has 0 spiro atoms. The van der Waals surface area contributed by atoms with Crippen molar-refractivity contribution in [3.05, 3.63) is 99.5 Å². The van der Waals surface area contributed by atoms with E-state index >= 15 is 0 Å². The number of methoxy groups -OCH3 is 1. The van der Waals surface area contributed by atoms with E-state index in [0.29, 0.717) is 80.5 Å². The van der Waals surface area contributed by atoms with E-state index in [9.17, 15) is 32.3 Å². The van der Waals surface area contributed by atoms with Gasteiger partial charge in [0.2, 0.25) is 11.8 Å². The number of nitrogens with one attached hydrogen (secondary N) is 2. The molecule has 376 valence electrons. The second-order valence-electron chi connectivity index (χ2n) is 21.6. The smallest absolute Gasteiger partial charge is 0.395 e. The van der Waals surface area contributed by atoms with Crippen LogP contribution in [0, 0.1) is 11.3 Å². The van der Waals surface area contributed by atoms with Gasteiger partial charge in [0.05, 0.1) is 40.4 Å². The molecular weight excluding hydrogens is 900 g/mol. The number of anilines is 1. The molecule has 3 atom stereocenters. The van der Waals surface area contributed by atoms with Gasteiger partial charge in [-0.1, -0.05) is 42.5 Å². The molecule has 5 heterocycles. The number of allylic oxidation sites excluding steroid dienone is 2. The van der Waals surface area contributed by atoms with Crippen molar-refractivity contribution in [3.8, 4) is 5.75 Å². The number of amides is 3. The van der Waals surface area contributed by atoms with E-state index < -0.39 is 23.5 Å². The van der Waals surface area contributed by atoms with E-state index in [1.54, 1.807) is 23.8 Å². The van der Waals surface area contributed by atoms with Gasteiger partial charge in [-0.2, -0.15) is 13.2 Å². The highest BCUT2D eigenvalue weighted by atomic mass is 19.4. The topological polar surface area (TPSA) is 130 Å². The number of piperazine rings is 1. The number of carbonyl (C=O) groups is 3. The second kappa shape index (κ2) is 19.6. The zero-order chi connectivity index (χ0) is 49.6. The van der Waals surface area contributed by atoms with E-state index in [2.05, 4.69) is 71.9 Å². The third-order valence-electron chi connectivity index (χ3n) is 15.8. The average molecular weight is 968 g/mol. The van der Waals surface area contributed by atoms with Gasteiger partial charge >= 0.3 is 11.9 Å². The highest BCUT2D eigenvalue weighted by Crippen LogP contribution is 2.46. The average Bonchev–Trinajstić information content (AvgIpc) is 3.62. The number of piperidine rings is 1. The molecule has 9 rings (SSSR count). The van der Waals surface area contributed by atoms with Crippen LogP contribution in [0.15, 0.2) is 71.5 Å². The molecule has 70 heavy (non-hydrogen) atoms. The van der Waals surface area contributed by atoms with E-state index in [4.69, 9.17) is 9.47 Å². The number of halogens is 3. The Balaban J connectivity index is 0.807. The summed E-state index contributed by atoms with van der Waals surface area (Å²) >= 11 is 0. The maximum Gasteiger partial charge on any atom is 0.395 e. The zero-order valence-electron chi connectivity index (χ0n) is 41.3. The Labute approximate surface area is 408 Å². The summed E-state index contributed by atoms with van der Waals surface area (Å²) in [5.74, 6) is 0.330. The van der Waals surface area contributed by atoms with Crippen LogP contribution in [-0.4, -0.2) is 119 Å². The van der Waals surface area contributed by atoms with Crippen molar-refractivity contribution in [2.75, 3.05) is 71.4 Å². The van der Waals surface area contributed by atoms with Crippen molar-refractivity contribution in [2.45, 2.75) is 115 Å². The minimum Gasteiger partial charge on any atom is -0.497 e. The molecule has 0 saturated carbocycles. The van der Waals surface area contributed by atoms with Gasteiger partial charge in [-0.05, 0) is 132 Å². The Kier molecular flexibility index (Phi) is 13.9. The highest BCUT2D eigenvalue weighted by Gasteiger charge is 2.49. The lowest BCUT2D eigenvalue weighted by Crippen LogP contribution is -2.50. The van der Waals surface area contributed by atoms with Crippen LogP contribution in [-0.2, 0) is 32.8 Å². The maximum absolute atomic E-state index is 14.4. The van der Waals surface area contributed by atoms with Crippen molar-refractivity contribution in [3.63, 3.8) is 0 Å². The second-order valence-corrected chi connectivity index (χ2v) is 21.6. The number of rotatable bonds is 14. The van der Waals surface area contributed by atoms with E-state index in [1.165, 1.54) is 24.0 Å². The van der Waals surface area contributed by atoms with Crippen molar-refractivity contribution in [2.24, 2.45) is 11.3 Å². The zero-order valence-corrected chi connectivity index (χ0v) is 41.3. The number of benzene rings is 3. The molecule has 16 heteroatoms. The van der Waals surface area contributed by atoms with Gasteiger partial charge in [-0.15, -0.1) is 0 Å². The van der Waals surface area contributed by atoms with Gasteiger partial charge in [-0.25, -0.2) is 4.79 Å². The first-order chi connectivity index (χ1) is 33.3. The summed E-state index contributed by atoms with van der Waals surface area (Å²) in [7, 11) is 1.64. The van der Waals surface area contributed by atoms with Crippen LogP contribution >= 0.6 is 0 Å². The van der Waals surface area contributed by atoms with E-state index in [0.717, 1.165) is 74.2 Å². The summed E-state index contributed by atoms with van der Waals surface area (Å²) in [4.78, 5) is 58.6. The molecule has 3 aromatic carbocycles. The van der Waals surface area contributed by atoms with Crippen molar-refractivity contribution >= 4 is 40.0 Å². The number of imidazole rings is 1. The third-order valence-corrected chi connectivity index (χ3v) is 15.8. The van der Waals surface area contributed by atoms with Crippen LogP contribution in [0.5, 0.6) is 5.75 Å². The van der Waals surface area contributed by atoms with Crippen LogP contribution in [0.25, 0.3) is 16.6 Å². The molecule has 2 N–H and O–H groups in total. The molecule has 0 bridgehead atoms. The first kappa shape index (κ1) is 49.5. The summed E-state index contributed by atoms with van der Waals surface area (Å²) in [5.41, 5.74) is 4.06. The van der Waals surface area contributed by atoms with Crippen LogP contribution in [0.4, 0.5) is 18.9 Å². The highest BCUT2D eigenvalue weighted by molar-refractivity contribution is 6.08. The number of nitrogens with zero attached hydrogens (tertiary/aromatic N) is 5. The molecule has 4 aliphatic heterocycles. The normalized spacial score (nSPS) is 23.3. The van der Waals surface area contributed by atoms with E-state index in [1.807, 2.05) is 21.9 Å². The molecule has 0 unspecified atom stereocenters. The van der Waals surface area contributed by atoms with Crippen LogP contribution in [0.2, 0.25) is 0 Å². The predicted octanol–water partition coefficient (Wildman–Crippen LogP) is 8.16. The van der Waals surface area contributed by atoms with Gasteiger partial charge in [0, 0.05) is 77.3 Å². The number of imide groups is 1. The summed E-state index contributed by atoms with van der Waals surface area (Å²) < 4.78 is 57.9. The number of ether oxygens (including phenoxy) is 2. The first-order valence-electron chi connectivity index (χ1n) is 25.1. The first-order valence-corrected chi connectivity index (χ1v) is 25.1. The van der Waals surface area contributed by atoms with Gasteiger partial charge in [-0.3, -0.25) is 38.6 Å². The summed E-state index contributed by atoms with van der Waals surface area (Å²) in [6, 6.07) is 19.2. The third kappa shape index (κ3) is 10.2. The van der Waals surface area contributed by atoms with Crippen molar-refractivity contribution in [1.82, 2.24) is 29.2 Å². The fraction of sp³-hybridized carbons (Fsp3) is 0.556. The number of hydrogen-bond donors (Lipinski definition) is 2. The van der Waals surface area contributed by atoms with Crippen LogP contribution in [0.3, 0.4) is 0 Å². The predicted molar refractivity (Wildman–Crippen MR) is 264 cm³/mol. The monoisotopic (exact) mass is 968 g/mol. The van der Waals surface area contributed by atoms with Gasteiger partial charge in [0.15, 0.2) is 0 Å². The molecule has 3 fully saturated rings. The number of carbonyl (C=O) groups excluding carboxylic acids is 3. The number of hydrogen-bond acceptors (Lipinski definition) is 9. The number of aromatic nitrogens is 2. The van der Waals surface area contributed by atoms with Crippen LogP contribution in [0.1, 0.15) is 112 Å². The fourth-order valence-corrected chi connectivity index (χ4v) is 11.8. The lowest BCUT2D eigenvalue weighted by atomic mass is 9.67. The molecule has 1 aliphatic carbocycles. The molecule has 0 radical (unpaired) electrons. The van der Waals surface area contributed by atoms with E-state index in [-0.39, 0.29) is 47.9 Å². The van der Waals surface area contributed by atoms with Gasteiger partial charge in [0.25, 0.3) is 5.91 Å². The molecule has 3 saturated heterocycles. The Bertz CT molecular complexity index is 2680. The quantitative estimate of drug-likeness (QED) is 0.120. The summed E-state index contributed by atoms with van der Waals surface area (Å²) in [6.45, 7) is 12.7. The molecule has 4 aromatic rings. The summed E-state index contributed by atoms with van der Waals surface area (Å²) in [5, 5.41) is 5.73. The Morgan fingerprint density at radius 1 is 0.929 bits per heavy atom. The molecular formula is C54H68F3N7O6.